The van der Waals surface area contributed by atoms with Crippen molar-refractivity contribution in [2.75, 3.05) is 0 Å². The molecule has 1 unspecified atom stereocenters. The fraction of sp³-hybridized carbons (Fsp3) is 0.250. The number of halogens is 3. The minimum Gasteiger partial charge on any atom is -0.306 e. The van der Waals surface area contributed by atoms with Crippen molar-refractivity contribution >= 4 is 0 Å². The Balaban J connectivity index is 2.06. The molecule has 0 bridgehead atoms. The Morgan fingerprint density at radius 3 is 2.30 bits per heavy atom. The summed E-state index contributed by atoms with van der Waals surface area (Å²) in [6, 6.07) is 8.12. The van der Waals surface area contributed by atoms with Gasteiger partial charge >= 0.3 is 0 Å². The molecule has 106 valence electrons. The molecule has 0 amide bonds. The number of benzene rings is 2. The number of nitrogens with one attached hydrogen (secondary N) is 1. The quantitative estimate of drug-likeness (QED) is 0.881. The molecule has 1 nitrogen and oxygen atoms in total. The summed E-state index contributed by atoms with van der Waals surface area (Å²) < 4.78 is 40.1. The van der Waals surface area contributed by atoms with Crippen LogP contribution in [0.5, 0.6) is 0 Å². The molecule has 0 heterocycles. The lowest BCUT2D eigenvalue weighted by atomic mass is 10.0. The minimum absolute atomic E-state index is 0.287. The van der Waals surface area contributed by atoms with Crippen molar-refractivity contribution in [3.8, 4) is 0 Å². The van der Waals surface area contributed by atoms with Crippen LogP contribution in [-0.4, -0.2) is 0 Å². The highest BCUT2D eigenvalue weighted by molar-refractivity contribution is 5.27. The van der Waals surface area contributed by atoms with Gasteiger partial charge in [-0.15, -0.1) is 0 Å². The van der Waals surface area contributed by atoms with Crippen LogP contribution < -0.4 is 5.32 Å². The van der Waals surface area contributed by atoms with E-state index in [1.54, 1.807) is 19.1 Å². The largest absolute Gasteiger partial charge is 0.306 e. The summed E-state index contributed by atoms with van der Waals surface area (Å²) in [5.74, 6) is -1.15. The summed E-state index contributed by atoms with van der Waals surface area (Å²) >= 11 is 0. The molecule has 0 aliphatic rings. The summed E-state index contributed by atoms with van der Waals surface area (Å²) in [6.07, 6.45) is 0. The smallest absolute Gasteiger partial charge is 0.128 e. The zero-order valence-corrected chi connectivity index (χ0v) is 11.4. The van der Waals surface area contributed by atoms with Gasteiger partial charge < -0.3 is 5.32 Å². The summed E-state index contributed by atoms with van der Waals surface area (Å²) in [4.78, 5) is 0. The Kier molecular flexibility index (Phi) is 4.45. The first kappa shape index (κ1) is 14.6. The summed E-state index contributed by atoms with van der Waals surface area (Å²) in [5, 5.41) is 3.09. The fourth-order valence-electron chi connectivity index (χ4n) is 1.98. The van der Waals surface area contributed by atoms with Crippen LogP contribution in [0.4, 0.5) is 13.2 Å². The van der Waals surface area contributed by atoms with Gasteiger partial charge in [0, 0.05) is 18.2 Å². The third kappa shape index (κ3) is 3.39. The van der Waals surface area contributed by atoms with Gasteiger partial charge in [0.15, 0.2) is 0 Å². The predicted octanol–water partition coefficient (Wildman–Crippen LogP) is 4.26. The Bertz CT molecular complexity index is 593. The second-order valence-electron chi connectivity index (χ2n) is 4.85. The molecule has 4 heteroatoms. The van der Waals surface area contributed by atoms with Crippen LogP contribution in [-0.2, 0) is 6.54 Å². The van der Waals surface area contributed by atoms with Gasteiger partial charge in [-0.1, -0.05) is 12.1 Å². The molecule has 0 radical (unpaired) electrons. The van der Waals surface area contributed by atoms with Gasteiger partial charge in [0.1, 0.15) is 17.5 Å². The molecule has 2 aromatic rings. The van der Waals surface area contributed by atoms with E-state index in [9.17, 15) is 13.2 Å². The summed E-state index contributed by atoms with van der Waals surface area (Å²) in [7, 11) is 0. The maximum atomic E-state index is 13.8. The maximum absolute atomic E-state index is 13.8. The molecule has 0 fully saturated rings. The van der Waals surface area contributed by atoms with Gasteiger partial charge in [-0.3, -0.25) is 0 Å². The van der Waals surface area contributed by atoms with E-state index in [1.807, 2.05) is 0 Å². The lowest BCUT2D eigenvalue weighted by Gasteiger charge is -2.16. The molecule has 2 aromatic carbocycles. The van der Waals surface area contributed by atoms with E-state index in [2.05, 4.69) is 5.32 Å². The van der Waals surface area contributed by atoms with Crippen LogP contribution in [0.3, 0.4) is 0 Å². The van der Waals surface area contributed by atoms with Crippen molar-refractivity contribution in [3.63, 3.8) is 0 Å². The van der Waals surface area contributed by atoms with E-state index < -0.39 is 11.6 Å². The van der Waals surface area contributed by atoms with Crippen molar-refractivity contribution in [3.05, 3.63) is 70.5 Å². The third-order valence-electron chi connectivity index (χ3n) is 3.27. The molecular formula is C16H16F3N. The molecule has 0 aromatic heterocycles. The molecule has 0 saturated heterocycles. The number of aryl methyl sites for hydroxylation is 1. The summed E-state index contributed by atoms with van der Waals surface area (Å²) in [5.41, 5.74) is 1.46. The van der Waals surface area contributed by atoms with Crippen LogP contribution in [0.15, 0.2) is 36.4 Å². The SMILES string of the molecule is Cc1cc(F)c(C(C)NCc2ccc(F)cc2)cc1F. The van der Waals surface area contributed by atoms with Gasteiger partial charge in [-0.05, 0) is 49.2 Å². The Morgan fingerprint density at radius 1 is 1.00 bits per heavy atom. The first-order chi connectivity index (χ1) is 9.47. The molecule has 0 saturated carbocycles. The topological polar surface area (TPSA) is 12.0 Å². The van der Waals surface area contributed by atoms with Crippen molar-refractivity contribution in [1.82, 2.24) is 5.32 Å². The third-order valence-corrected chi connectivity index (χ3v) is 3.27. The zero-order chi connectivity index (χ0) is 14.7. The van der Waals surface area contributed by atoms with Gasteiger partial charge in [0.05, 0.1) is 0 Å². The van der Waals surface area contributed by atoms with E-state index in [0.717, 1.165) is 5.56 Å². The van der Waals surface area contributed by atoms with Crippen LogP contribution in [0.25, 0.3) is 0 Å². The molecule has 0 spiro atoms. The summed E-state index contributed by atoms with van der Waals surface area (Å²) in [6.45, 7) is 3.74. The van der Waals surface area contributed by atoms with E-state index in [0.29, 0.717) is 6.54 Å². The molecule has 2 rings (SSSR count). The molecule has 1 atom stereocenters. The highest BCUT2D eigenvalue weighted by Gasteiger charge is 2.13. The standard InChI is InChI=1S/C16H16F3N/c1-10-7-16(19)14(8-15(10)18)11(2)20-9-12-3-5-13(17)6-4-12/h3-8,11,20H,9H2,1-2H3. The average molecular weight is 279 g/mol. The lowest BCUT2D eigenvalue weighted by molar-refractivity contribution is 0.516. The molecule has 0 aliphatic carbocycles. The van der Waals surface area contributed by atoms with Crippen molar-refractivity contribution < 1.29 is 13.2 Å². The van der Waals surface area contributed by atoms with Gasteiger partial charge in [0.25, 0.3) is 0 Å². The van der Waals surface area contributed by atoms with Gasteiger partial charge in [-0.2, -0.15) is 0 Å². The van der Waals surface area contributed by atoms with Crippen LogP contribution in [0.2, 0.25) is 0 Å². The first-order valence-corrected chi connectivity index (χ1v) is 6.40. The molecule has 1 N–H and O–H groups in total. The monoisotopic (exact) mass is 279 g/mol. The minimum atomic E-state index is -0.428. The number of hydrogen-bond acceptors (Lipinski definition) is 1. The molecule has 0 aliphatic heterocycles. The Labute approximate surface area is 116 Å². The van der Waals surface area contributed by atoms with E-state index >= 15 is 0 Å². The van der Waals surface area contributed by atoms with Crippen LogP contribution >= 0.6 is 0 Å². The molecular weight excluding hydrogens is 263 g/mol. The van der Waals surface area contributed by atoms with Gasteiger partial charge in [0.2, 0.25) is 0 Å². The van der Waals surface area contributed by atoms with Crippen LogP contribution in [0, 0.1) is 24.4 Å². The Hall–Kier alpha value is -1.81. The average Bonchev–Trinajstić information content (AvgIpc) is 2.42. The van der Waals surface area contributed by atoms with E-state index in [4.69, 9.17) is 0 Å². The molecule has 20 heavy (non-hydrogen) atoms. The number of hydrogen-bond donors (Lipinski definition) is 1. The van der Waals surface area contributed by atoms with Crippen molar-refractivity contribution in [2.24, 2.45) is 0 Å². The highest BCUT2D eigenvalue weighted by Crippen LogP contribution is 2.21. The second-order valence-corrected chi connectivity index (χ2v) is 4.85. The zero-order valence-electron chi connectivity index (χ0n) is 11.4. The highest BCUT2D eigenvalue weighted by atomic mass is 19.1. The van der Waals surface area contributed by atoms with Gasteiger partial charge in [-0.25, -0.2) is 13.2 Å². The van der Waals surface area contributed by atoms with Crippen LogP contribution in [0.1, 0.15) is 29.7 Å². The van der Waals surface area contributed by atoms with E-state index in [1.165, 1.54) is 31.2 Å². The second kappa shape index (κ2) is 6.09. The van der Waals surface area contributed by atoms with E-state index in [-0.39, 0.29) is 23.0 Å². The lowest BCUT2D eigenvalue weighted by Crippen LogP contribution is -2.19. The Morgan fingerprint density at radius 2 is 1.65 bits per heavy atom. The van der Waals surface area contributed by atoms with Crippen molar-refractivity contribution in [1.29, 1.82) is 0 Å². The fourth-order valence-corrected chi connectivity index (χ4v) is 1.98. The number of rotatable bonds is 4. The predicted molar refractivity (Wildman–Crippen MR) is 72.7 cm³/mol. The van der Waals surface area contributed by atoms with Crippen molar-refractivity contribution in [2.45, 2.75) is 26.4 Å². The normalized spacial score (nSPS) is 12.4. The maximum Gasteiger partial charge on any atom is 0.128 e. The first-order valence-electron chi connectivity index (χ1n) is 6.40.